The van der Waals surface area contributed by atoms with Gasteiger partial charge in [0.2, 0.25) is 0 Å². The van der Waals surface area contributed by atoms with Gasteiger partial charge in [0.15, 0.2) is 6.23 Å². The van der Waals surface area contributed by atoms with Gasteiger partial charge in [-0.2, -0.15) is 13.2 Å². The van der Waals surface area contributed by atoms with E-state index in [9.17, 15) is 18.0 Å². The average molecular weight is 356 g/mol. The predicted molar refractivity (Wildman–Crippen MR) is 82.5 cm³/mol. The van der Waals surface area contributed by atoms with Crippen molar-refractivity contribution in [3.8, 4) is 0 Å². The molecule has 0 saturated heterocycles. The largest absolute Gasteiger partial charge is 0.416 e. The third-order valence-electron chi connectivity index (χ3n) is 3.91. The number of alkyl halides is 3. The minimum atomic E-state index is -4.44. The molecule has 126 valence electrons. The Bertz CT molecular complexity index is 792. The summed E-state index contributed by atoms with van der Waals surface area (Å²) in [5, 5.41) is -0.0231. The fourth-order valence-electron chi connectivity index (χ4n) is 2.62. The van der Waals surface area contributed by atoms with E-state index in [4.69, 9.17) is 16.3 Å². The highest BCUT2D eigenvalue weighted by molar-refractivity contribution is 6.31. The topological polar surface area (TPSA) is 29.5 Å². The lowest BCUT2D eigenvalue weighted by Gasteiger charge is -2.21. The Morgan fingerprint density at radius 1 is 1.21 bits per heavy atom. The maximum absolute atomic E-state index is 12.7. The molecule has 1 heterocycles. The van der Waals surface area contributed by atoms with Crippen LogP contribution in [0.3, 0.4) is 0 Å². The number of halogens is 4. The summed E-state index contributed by atoms with van der Waals surface area (Å²) in [4.78, 5) is 13.6. The number of hydrogen-bond acceptors (Lipinski definition) is 2. The number of nitrogens with zero attached hydrogens (tertiary/aromatic N) is 1. The van der Waals surface area contributed by atoms with Gasteiger partial charge in [-0.3, -0.25) is 4.79 Å². The first-order chi connectivity index (χ1) is 11.3. The summed E-state index contributed by atoms with van der Waals surface area (Å²) in [5.74, 6) is -0.158. The average Bonchev–Trinajstić information content (AvgIpc) is 2.77. The van der Waals surface area contributed by atoms with E-state index in [0.717, 1.165) is 17.7 Å². The smallest absolute Gasteiger partial charge is 0.349 e. The third kappa shape index (κ3) is 2.99. The fraction of sp³-hybridized carbons (Fsp3) is 0.235. The Morgan fingerprint density at radius 3 is 2.58 bits per heavy atom. The highest BCUT2D eigenvalue weighted by atomic mass is 35.5. The molecule has 0 spiro atoms. The lowest BCUT2D eigenvalue weighted by atomic mass is 10.1. The van der Waals surface area contributed by atoms with Gasteiger partial charge in [-0.1, -0.05) is 35.9 Å². The van der Waals surface area contributed by atoms with Crippen LogP contribution in [0.2, 0.25) is 5.02 Å². The van der Waals surface area contributed by atoms with Gasteiger partial charge in [-0.25, -0.2) is 0 Å². The van der Waals surface area contributed by atoms with Crippen molar-refractivity contribution < 1.29 is 22.7 Å². The summed E-state index contributed by atoms with van der Waals surface area (Å²) in [7, 11) is 1.61. The lowest BCUT2D eigenvalue weighted by Crippen LogP contribution is -2.24. The summed E-state index contributed by atoms with van der Waals surface area (Å²) < 4.78 is 43.7. The van der Waals surface area contributed by atoms with Gasteiger partial charge in [-0.05, 0) is 23.8 Å². The molecule has 7 heteroatoms. The number of carbonyl (C=O) groups is 1. The van der Waals surface area contributed by atoms with E-state index >= 15 is 0 Å². The van der Waals surface area contributed by atoms with Gasteiger partial charge in [0, 0.05) is 23.2 Å². The van der Waals surface area contributed by atoms with Crippen LogP contribution in [-0.4, -0.2) is 17.9 Å². The molecule has 0 bridgehead atoms. The number of carbonyl (C=O) groups excluding carboxylic acids is 1. The summed E-state index contributed by atoms with van der Waals surface area (Å²) in [6.45, 7) is -0.00636. The molecule has 0 radical (unpaired) electrons. The molecule has 2 aromatic carbocycles. The van der Waals surface area contributed by atoms with Gasteiger partial charge in [0.25, 0.3) is 5.91 Å². The standard InChI is InChI=1S/C17H13ClF3NO2/c1-22-15(23)12-4-2-3-5-13(12)16(22)24-9-10-6-7-11(8-14(10)18)17(19,20)21/h2-8,16H,9H2,1H3. The second kappa shape index (κ2) is 6.11. The van der Waals surface area contributed by atoms with E-state index in [-0.39, 0.29) is 17.5 Å². The molecule has 24 heavy (non-hydrogen) atoms. The van der Waals surface area contributed by atoms with Crippen LogP contribution in [0.1, 0.15) is 33.3 Å². The number of ether oxygens (including phenoxy) is 1. The molecule has 0 N–H and O–H groups in total. The number of fused-ring (bicyclic) bond motifs is 1. The zero-order chi connectivity index (χ0) is 17.5. The predicted octanol–water partition coefficient (Wildman–Crippen LogP) is 4.66. The lowest BCUT2D eigenvalue weighted by molar-refractivity contribution is -0.137. The molecule has 1 atom stereocenters. The monoisotopic (exact) mass is 355 g/mol. The number of amides is 1. The van der Waals surface area contributed by atoms with Crippen molar-refractivity contribution in [2.45, 2.75) is 19.0 Å². The van der Waals surface area contributed by atoms with Crippen LogP contribution in [0.25, 0.3) is 0 Å². The van der Waals surface area contributed by atoms with Gasteiger partial charge in [-0.15, -0.1) is 0 Å². The van der Waals surface area contributed by atoms with E-state index in [1.54, 1.807) is 31.3 Å². The molecule has 0 aromatic heterocycles. The molecule has 1 aliphatic heterocycles. The van der Waals surface area contributed by atoms with Crippen molar-refractivity contribution >= 4 is 17.5 Å². The molecule has 1 amide bonds. The molecule has 2 aromatic rings. The van der Waals surface area contributed by atoms with Crippen LogP contribution in [0.5, 0.6) is 0 Å². The maximum Gasteiger partial charge on any atom is 0.416 e. The Kier molecular flexibility index (Phi) is 4.27. The quantitative estimate of drug-likeness (QED) is 0.801. The van der Waals surface area contributed by atoms with Gasteiger partial charge >= 0.3 is 6.18 Å². The Balaban J connectivity index is 1.78. The van der Waals surface area contributed by atoms with Crippen molar-refractivity contribution in [3.05, 3.63) is 69.7 Å². The third-order valence-corrected chi connectivity index (χ3v) is 4.26. The van der Waals surface area contributed by atoms with E-state index < -0.39 is 18.0 Å². The molecular formula is C17H13ClF3NO2. The summed E-state index contributed by atoms with van der Waals surface area (Å²) in [6, 6.07) is 10.2. The van der Waals surface area contributed by atoms with Crippen molar-refractivity contribution in [2.75, 3.05) is 7.05 Å². The van der Waals surface area contributed by atoms with Crippen molar-refractivity contribution in [1.29, 1.82) is 0 Å². The molecule has 1 aliphatic rings. The first-order valence-electron chi connectivity index (χ1n) is 7.12. The summed E-state index contributed by atoms with van der Waals surface area (Å²) in [6.07, 6.45) is -5.04. The minimum Gasteiger partial charge on any atom is -0.349 e. The second-order valence-electron chi connectivity index (χ2n) is 5.47. The maximum atomic E-state index is 12.7. The van der Waals surface area contributed by atoms with Crippen LogP contribution < -0.4 is 0 Å². The van der Waals surface area contributed by atoms with Crippen LogP contribution in [0.15, 0.2) is 42.5 Å². The highest BCUT2D eigenvalue weighted by Crippen LogP contribution is 2.35. The number of rotatable bonds is 3. The molecule has 3 nitrogen and oxygen atoms in total. The molecule has 0 aliphatic carbocycles. The molecule has 0 saturated carbocycles. The number of hydrogen-bond donors (Lipinski definition) is 0. The van der Waals surface area contributed by atoms with Crippen LogP contribution in [0, 0.1) is 0 Å². The Labute approximate surface area is 141 Å². The first kappa shape index (κ1) is 16.8. The van der Waals surface area contributed by atoms with E-state index in [0.29, 0.717) is 11.1 Å². The zero-order valence-electron chi connectivity index (χ0n) is 12.6. The number of benzene rings is 2. The van der Waals surface area contributed by atoms with Crippen molar-refractivity contribution in [3.63, 3.8) is 0 Å². The van der Waals surface area contributed by atoms with Crippen molar-refractivity contribution in [2.24, 2.45) is 0 Å². The van der Waals surface area contributed by atoms with E-state index in [1.807, 2.05) is 0 Å². The van der Waals surface area contributed by atoms with Crippen LogP contribution in [0.4, 0.5) is 13.2 Å². The minimum absolute atomic E-state index is 0.00636. The SMILES string of the molecule is CN1C(=O)c2ccccc2C1OCc1ccc(C(F)(F)F)cc1Cl. The van der Waals surface area contributed by atoms with Crippen LogP contribution in [-0.2, 0) is 17.5 Å². The fourth-order valence-corrected chi connectivity index (χ4v) is 2.86. The normalized spacial score (nSPS) is 17.3. The molecule has 0 fully saturated rings. The van der Waals surface area contributed by atoms with E-state index in [2.05, 4.69) is 0 Å². The zero-order valence-corrected chi connectivity index (χ0v) is 13.4. The van der Waals surface area contributed by atoms with Crippen molar-refractivity contribution in [1.82, 2.24) is 4.90 Å². The van der Waals surface area contributed by atoms with E-state index in [1.165, 1.54) is 11.0 Å². The highest BCUT2D eigenvalue weighted by Gasteiger charge is 2.35. The van der Waals surface area contributed by atoms with Crippen LogP contribution >= 0.6 is 11.6 Å². The van der Waals surface area contributed by atoms with Gasteiger partial charge in [0.05, 0.1) is 12.2 Å². The molecular weight excluding hydrogens is 343 g/mol. The second-order valence-corrected chi connectivity index (χ2v) is 5.88. The first-order valence-corrected chi connectivity index (χ1v) is 7.50. The Hall–Kier alpha value is -2.05. The summed E-state index contributed by atoms with van der Waals surface area (Å²) >= 11 is 5.93. The molecule has 3 rings (SSSR count). The van der Waals surface area contributed by atoms with Gasteiger partial charge < -0.3 is 9.64 Å². The molecule has 1 unspecified atom stereocenters. The Morgan fingerprint density at radius 2 is 1.92 bits per heavy atom. The summed E-state index contributed by atoms with van der Waals surface area (Å²) in [5.41, 5.74) is 0.904. The van der Waals surface area contributed by atoms with Gasteiger partial charge in [0.1, 0.15) is 0 Å².